The van der Waals surface area contributed by atoms with Crippen LogP contribution in [0.3, 0.4) is 0 Å². The number of halogens is 1. The molecule has 0 saturated carbocycles. The minimum atomic E-state index is -0.616. The van der Waals surface area contributed by atoms with Gasteiger partial charge in [0.15, 0.2) is 6.61 Å². The number of carbonyl (C=O) groups excluding carboxylic acids is 3. The van der Waals surface area contributed by atoms with Gasteiger partial charge in [-0.3, -0.25) is 14.4 Å². The molecule has 2 amide bonds. The third-order valence-corrected chi connectivity index (χ3v) is 5.41. The molecule has 0 spiro atoms. The SMILES string of the molecule is Cc1ccc(C)c(NC(=O)COC(=O)[C@H]2CC(=O)N(c3cccc(Cl)c3C)C2)c1. The second kappa shape index (κ2) is 8.66. The van der Waals surface area contributed by atoms with E-state index in [1.165, 1.54) is 0 Å². The summed E-state index contributed by atoms with van der Waals surface area (Å²) in [6.07, 6.45) is 0.0450. The molecule has 0 aliphatic carbocycles. The molecule has 1 fully saturated rings. The average molecular weight is 415 g/mol. The number of ether oxygens (including phenoxy) is 1. The molecular weight excluding hydrogens is 392 g/mol. The number of hydrogen-bond donors (Lipinski definition) is 1. The van der Waals surface area contributed by atoms with Crippen LogP contribution >= 0.6 is 11.6 Å². The molecule has 2 aromatic rings. The van der Waals surface area contributed by atoms with Crippen LogP contribution in [0.5, 0.6) is 0 Å². The second-order valence-electron chi connectivity index (χ2n) is 7.26. The maximum absolute atomic E-state index is 12.4. The molecule has 1 aliphatic rings. The van der Waals surface area contributed by atoms with Gasteiger partial charge in [-0.1, -0.05) is 29.8 Å². The Morgan fingerprint density at radius 1 is 1.21 bits per heavy atom. The second-order valence-corrected chi connectivity index (χ2v) is 7.67. The summed E-state index contributed by atoms with van der Waals surface area (Å²) in [5, 5.41) is 3.31. The Labute approximate surface area is 174 Å². The van der Waals surface area contributed by atoms with Crippen LogP contribution in [0.2, 0.25) is 5.02 Å². The molecule has 3 rings (SSSR count). The maximum Gasteiger partial charge on any atom is 0.311 e. The van der Waals surface area contributed by atoms with Crippen molar-refractivity contribution in [3.63, 3.8) is 0 Å². The fourth-order valence-electron chi connectivity index (χ4n) is 3.30. The number of rotatable bonds is 5. The van der Waals surface area contributed by atoms with E-state index in [1.807, 2.05) is 39.0 Å². The lowest BCUT2D eigenvalue weighted by atomic mass is 10.1. The number of aryl methyl sites for hydroxylation is 2. The van der Waals surface area contributed by atoms with E-state index in [-0.39, 0.29) is 18.9 Å². The number of hydrogen-bond acceptors (Lipinski definition) is 4. The largest absolute Gasteiger partial charge is 0.455 e. The third-order valence-electron chi connectivity index (χ3n) is 5.00. The number of nitrogens with zero attached hydrogens (tertiary/aromatic N) is 1. The van der Waals surface area contributed by atoms with Gasteiger partial charge in [0.25, 0.3) is 5.91 Å². The Kier molecular flexibility index (Phi) is 6.23. The summed E-state index contributed by atoms with van der Waals surface area (Å²) >= 11 is 6.14. The molecule has 0 bridgehead atoms. The van der Waals surface area contributed by atoms with E-state index >= 15 is 0 Å². The molecule has 6 nitrogen and oxygen atoms in total. The molecule has 0 unspecified atom stereocenters. The summed E-state index contributed by atoms with van der Waals surface area (Å²) in [5.74, 6) is -1.76. The van der Waals surface area contributed by atoms with E-state index in [9.17, 15) is 14.4 Å². The Hall–Kier alpha value is -2.86. The highest BCUT2D eigenvalue weighted by Crippen LogP contribution is 2.31. The Bertz CT molecular complexity index is 973. The van der Waals surface area contributed by atoms with Crippen molar-refractivity contribution in [1.29, 1.82) is 0 Å². The Balaban J connectivity index is 1.57. The molecule has 1 aliphatic heterocycles. The molecular formula is C22H23ClN2O4. The number of nitrogens with one attached hydrogen (secondary N) is 1. The minimum absolute atomic E-state index is 0.0450. The molecule has 0 aromatic heterocycles. The zero-order valence-electron chi connectivity index (χ0n) is 16.6. The van der Waals surface area contributed by atoms with Gasteiger partial charge in [0.2, 0.25) is 5.91 Å². The quantitative estimate of drug-likeness (QED) is 0.755. The maximum atomic E-state index is 12.4. The summed E-state index contributed by atoms with van der Waals surface area (Å²) < 4.78 is 5.16. The predicted octanol–water partition coefficient (Wildman–Crippen LogP) is 3.80. The molecule has 1 N–H and O–H groups in total. The lowest BCUT2D eigenvalue weighted by Gasteiger charge is -2.19. The number of carbonyl (C=O) groups is 3. The monoisotopic (exact) mass is 414 g/mol. The van der Waals surface area contributed by atoms with Crippen LogP contribution in [-0.2, 0) is 19.1 Å². The zero-order valence-corrected chi connectivity index (χ0v) is 17.4. The molecule has 1 saturated heterocycles. The highest BCUT2D eigenvalue weighted by molar-refractivity contribution is 6.31. The van der Waals surface area contributed by atoms with Crippen molar-refractivity contribution in [1.82, 2.24) is 0 Å². The van der Waals surface area contributed by atoms with Crippen LogP contribution in [0.1, 0.15) is 23.1 Å². The fourth-order valence-corrected chi connectivity index (χ4v) is 3.47. The van der Waals surface area contributed by atoms with Crippen LogP contribution in [0.25, 0.3) is 0 Å². The van der Waals surface area contributed by atoms with Crippen molar-refractivity contribution in [2.75, 3.05) is 23.4 Å². The summed E-state index contributed by atoms with van der Waals surface area (Å²) in [7, 11) is 0. The topological polar surface area (TPSA) is 75.7 Å². The average Bonchev–Trinajstić information content (AvgIpc) is 3.06. The van der Waals surface area contributed by atoms with Gasteiger partial charge in [0.1, 0.15) is 0 Å². The number of anilines is 2. The number of benzene rings is 2. The van der Waals surface area contributed by atoms with Gasteiger partial charge in [-0.15, -0.1) is 0 Å². The van der Waals surface area contributed by atoms with E-state index in [0.717, 1.165) is 16.7 Å². The van der Waals surface area contributed by atoms with Gasteiger partial charge in [-0.05, 0) is 55.7 Å². The van der Waals surface area contributed by atoms with Crippen molar-refractivity contribution < 1.29 is 19.1 Å². The van der Waals surface area contributed by atoms with Gasteiger partial charge in [0, 0.05) is 29.4 Å². The van der Waals surface area contributed by atoms with E-state index in [4.69, 9.17) is 16.3 Å². The standard InChI is InChI=1S/C22H23ClN2O4/c1-13-7-8-14(2)18(9-13)24-20(26)12-29-22(28)16-10-21(27)25(11-16)19-6-4-5-17(23)15(19)3/h4-9,16H,10-12H2,1-3H3,(H,24,26)/t16-/m0/s1. The lowest BCUT2D eigenvalue weighted by molar-refractivity contribution is -0.151. The first-order valence-corrected chi connectivity index (χ1v) is 9.73. The molecule has 152 valence electrons. The first kappa shape index (κ1) is 20.9. The minimum Gasteiger partial charge on any atom is -0.455 e. The van der Waals surface area contributed by atoms with Crippen molar-refractivity contribution >= 4 is 40.8 Å². The van der Waals surface area contributed by atoms with Gasteiger partial charge in [0.05, 0.1) is 5.92 Å². The van der Waals surface area contributed by atoms with Crippen molar-refractivity contribution in [2.45, 2.75) is 27.2 Å². The van der Waals surface area contributed by atoms with E-state index < -0.39 is 24.4 Å². The van der Waals surface area contributed by atoms with Crippen molar-refractivity contribution in [2.24, 2.45) is 5.92 Å². The Morgan fingerprint density at radius 2 is 1.97 bits per heavy atom. The van der Waals surface area contributed by atoms with Gasteiger partial charge >= 0.3 is 5.97 Å². The van der Waals surface area contributed by atoms with Gasteiger partial charge in [-0.25, -0.2) is 0 Å². The molecule has 29 heavy (non-hydrogen) atoms. The third kappa shape index (κ3) is 4.77. The van der Waals surface area contributed by atoms with Crippen LogP contribution in [0, 0.1) is 26.7 Å². The first-order chi connectivity index (χ1) is 13.8. The molecule has 7 heteroatoms. The summed E-state index contributed by atoms with van der Waals surface area (Å²) in [6.45, 7) is 5.45. The van der Waals surface area contributed by atoms with Crippen LogP contribution in [-0.4, -0.2) is 30.9 Å². The van der Waals surface area contributed by atoms with Crippen LogP contribution < -0.4 is 10.2 Å². The van der Waals surface area contributed by atoms with Crippen molar-refractivity contribution in [3.05, 3.63) is 58.1 Å². The molecule has 1 atom stereocenters. The smallest absolute Gasteiger partial charge is 0.311 e. The lowest BCUT2D eigenvalue weighted by Crippen LogP contribution is -2.28. The number of esters is 1. The summed E-state index contributed by atoms with van der Waals surface area (Å²) in [5.41, 5.74) is 4.09. The van der Waals surface area contributed by atoms with Crippen LogP contribution in [0.4, 0.5) is 11.4 Å². The van der Waals surface area contributed by atoms with Crippen molar-refractivity contribution in [3.8, 4) is 0 Å². The zero-order chi connectivity index (χ0) is 21.1. The van der Waals surface area contributed by atoms with E-state index in [2.05, 4.69) is 5.32 Å². The fraction of sp³-hybridized carbons (Fsp3) is 0.318. The Morgan fingerprint density at radius 3 is 2.72 bits per heavy atom. The highest BCUT2D eigenvalue weighted by atomic mass is 35.5. The van der Waals surface area contributed by atoms with E-state index in [0.29, 0.717) is 16.4 Å². The normalized spacial score (nSPS) is 16.1. The highest BCUT2D eigenvalue weighted by Gasteiger charge is 2.37. The summed E-state index contributed by atoms with van der Waals surface area (Å²) in [6, 6.07) is 11.0. The predicted molar refractivity (Wildman–Crippen MR) is 112 cm³/mol. The van der Waals surface area contributed by atoms with Gasteiger partial charge < -0.3 is 15.0 Å². The van der Waals surface area contributed by atoms with Crippen LogP contribution in [0.15, 0.2) is 36.4 Å². The summed E-state index contributed by atoms with van der Waals surface area (Å²) in [4.78, 5) is 38.5. The molecule has 0 radical (unpaired) electrons. The molecule has 1 heterocycles. The molecule has 2 aromatic carbocycles. The van der Waals surface area contributed by atoms with Gasteiger partial charge in [-0.2, -0.15) is 0 Å². The van der Waals surface area contributed by atoms with E-state index in [1.54, 1.807) is 23.1 Å². The number of amides is 2. The first-order valence-electron chi connectivity index (χ1n) is 9.35.